The van der Waals surface area contributed by atoms with Crippen molar-refractivity contribution in [1.29, 1.82) is 0 Å². The number of carbonyl (C=O) groups is 1. The molecule has 1 saturated carbocycles. The molecule has 2 heteroatoms. The molecule has 102 valence electrons. The molecule has 0 bridgehead atoms. The van der Waals surface area contributed by atoms with Gasteiger partial charge in [0.15, 0.2) is 0 Å². The van der Waals surface area contributed by atoms with E-state index < -0.39 is 5.97 Å². The topological polar surface area (TPSA) is 37.3 Å². The minimum atomic E-state index is -0.840. The molecular weight excluding hydrogens is 224 g/mol. The van der Waals surface area contributed by atoms with Gasteiger partial charge in [-0.3, -0.25) is 0 Å². The maximum Gasteiger partial charge on any atom is 0.328 e. The molecule has 0 aromatic rings. The van der Waals surface area contributed by atoms with E-state index in [9.17, 15) is 4.79 Å². The minimum Gasteiger partial charge on any atom is -0.478 e. The van der Waals surface area contributed by atoms with Crippen LogP contribution in [0.5, 0.6) is 0 Å². The summed E-state index contributed by atoms with van der Waals surface area (Å²) in [5, 5.41) is 8.73. The van der Waals surface area contributed by atoms with Crippen molar-refractivity contribution in [2.75, 3.05) is 0 Å². The summed E-state index contributed by atoms with van der Waals surface area (Å²) in [6.07, 6.45) is 8.08. The van der Waals surface area contributed by atoms with E-state index in [0.29, 0.717) is 11.3 Å². The van der Waals surface area contributed by atoms with E-state index >= 15 is 0 Å². The van der Waals surface area contributed by atoms with Crippen molar-refractivity contribution in [3.63, 3.8) is 0 Å². The molecule has 0 aliphatic heterocycles. The van der Waals surface area contributed by atoms with Crippen molar-refractivity contribution >= 4 is 5.97 Å². The van der Waals surface area contributed by atoms with E-state index in [1.54, 1.807) is 0 Å². The molecule has 1 aliphatic rings. The second kappa shape index (κ2) is 6.21. The number of rotatable bonds is 5. The lowest BCUT2D eigenvalue weighted by molar-refractivity contribution is -0.131. The van der Waals surface area contributed by atoms with Crippen LogP contribution in [0.4, 0.5) is 0 Å². The van der Waals surface area contributed by atoms with Crippen LogP contribution in [0.3, 0.4) is 0 Å². The van der Waals surface area contributed by atoms with Gasteiger partial charge in [-0.1, -0.05) is 38.0 Å². The van der Waals surface area contributed by atoms with Crippen LogP contribution in [0.25, 0.3) is 0 Å². The minimum absolute atomic E-state index is 0.360. The average molecular weight is 250 g/mol. The largest absolute Gasteiger partial charge is 0.478 e. The number of allylic oxidation sites excluding steroid dienone is 2. The van der Waals surface area contributed by atoms with Gasteiger partial charge in [0.2, 0.25) is 0 Å². The third-order valence-corrected chi connectivity index (χ3v) is 4.58. The zero-order valence-electron chi connectivity index (χ0n) is 12.0. The quantitative estimate of drug-likeness (QED) is 0.573. The van der Waals surface area contributed by atoms with E-state index in [2.05, 4.69) is 20.4 Å². The Morgan fingerprint density at radius 2 is 2.28 bits per heavy atom. The fraction of sp³-hybridized carbons (Fsp3) is 0.688. The Morgan fingerprint density at radius 1 is 1.61 bits per heavy atom. The standard InChI is InChI=1S/C16H26O2/c1-5-16(4)10-6-7-13(3)14(16)9-8-12(2)11-15(17)18/h11,14H,3,5-10H2,1-2,4H3,(H,17,18)/b12-11+/t14-,16-/m0/s1. The van der Waals surface area contributed by atoms with Gasteiger partial charge in [-0.05, 0) is 50.4 Å². The lowest BCUT2D eigenvalue weighted by atomic mass is 9.62. The van der Waals surface area contributed by atoms with Gasteiger partial charge in [0.05, 0.1) is 0 Å². The summed E-state index contributed by atoms with van der Waals surface area (Å²) in [7, 11) is 0. The van der Waals surface area contributed by atoms with Crippen LogP contribution in [0.15, 0.2) is 23.8 Å². The third-order valence-electron chi connectivity index (χ3n) is 4.58. The predicted molar refractivity (Wildman–Crippen MR) is 75.5 cm³/mol. The van der Waals surface area contributed by atoms with Crippen LogP contribution in [0.1, 0.15) is 59.3 Å². The molecule has 0 spiro atoms. The highest BCUT2D eigenvalue weighted by Crippen LogP contribution is 2.48. The van der Waals surface area contributed by atoms with Gasteiger partial charge in [0.1, 0.15) is 0 Å². The van der Waals surface area contributed by atoms with Gasteiger partial charge in [-0.25, -0.2) is 4.79 Å². The number of carboxylic acids is 1. The van der Waals surface area contributed by atoms with E-state index in [1.165, 1.54) is 30.9 Å². The Labute approximate surface area is 111 Å². The monoisotopic (exact) mass is 250 g/mol. The normalized spacial score (nSPS) is 29.4. The van der Waals surface area contributed by atoms with Crippen LogP contribution in [-0.2, 0) is 4.79 Å². The molecule has 18 heavy (non-hydrogen) atoms. The highest BCUT2D eigenvalue weighted by molar-refractivity contribution is 5.80. The van der Waals surface area contributed by atoms with E-state index in [4.69, 9.17) is 5.11 Å². The second-order valence-corrected chi connectivity index (χ2v) is 5.94. The summed E-state index contributed by atoms with van der Waals surface area (Å²) in [6, 6.07) is 0. The summed E-state index contributed by atoms with van der Waals surface area (Å²) >= 11 is 0. The molecule has 0 unspecified atom stereocenters. The lowest BCUT2D eigenvalue weighted by Crippen LogP contribution is -2.31. The molecule has 0 aromatic carbocycles. The molecule has 2 atom stereocenters. The molecule has 1 N–H and O–H groups in total. The molecule has 0 aromatic heterocycles. The SMILES string of the molecule is C=C1CCC[C@](C)(CC)[C@H]1CC/C(C)=C/C(=O)O. The highest BCUT2D eigenvalue weighted by Gasteiger charge is 2.36. The van der Waals surface area contributed by atoms with Crippen LogP contribution in [-0.4, -0.2) is 11.1 Å². The van der Waals surface area contributed by atoms with Crippen LogP contribution in [0, 0.1) is 11.3 Å². The van der Waals surface area contributed by atoms with Crippen LogP contribution in [0.2, 0.25) is 0 Å². The zero-order chi connectivity index (χ0) is 13.8. The lowest BCUT2D eigenvalue weighted by Gasteiger charge is -2.43. The maximum atomic E-state index is 10.6. The molecule has 0 radical (unpaired) electrons. The van der Waals surface area contributed by atoms with Crippen LogP contribution < -0.4 is 0 Å². The first-order valence-electron chi connectivity index (χ1n) is 6.97. The van der Waals surface area contributed by atoms with Gasteiger partial charge in [0, 0.05) is 6.08 Å². The molecule has 1 rings (SSSR count). The Bertz CT molecular complexity index is 354. The smallest absolute Gasteiger partial charge is 0.328 e. The van der Waals surface area contributed by atoms with Crippen LogP contribution >= 0.6 is 0 Å². The van der Waals surface area contributed by atoms with Gasteiger partial charge >= 0.3 is 5.97 Å². The fourth-order valence-electron chi connectivity index (χ4n) is 3.19. The Kier molecular flexibility index (Phi) is 5.18. The Morgan fingerprint density at radius 3 is 2.83 bits per heavy atom. The summed E-state index contributed by atoms with van der Waals surface area (Å²) in [6.45, 7) is 10.8. The van der Waals surface area contributed by atoms with Gasteiger partial charge in [-0.2, -0.15) is 0 Å². The fourth-order valence-corrected chi connectivity index (χ4v) is 3.19. The van der Waals surface area contributed by atoms with Crippen molar-refractivity contribution in [2.24, 2.45) is 11.3 Å². The molecule has 0 heterocycles. The molecular formula is C16H26O2. The van der Waals surface area contributed by atoms with Crippen molar-refractivity contribution in [3.05, 3.63) is 23.8 Å². The summed E-state index contributed by atoms with van der Waals surface area (Å²) in [5.74, 6) is -0.290. The third kappa shape index (κ3) is 3.72. The molecule has 0 saturated heterocycles. The average Bonchev–Trinajstić information content (AvgIpc) is 2.27. The molecule has 2 nitrogen and oxygen atoms in total. The first-order chi connectivity index (χ1) is 8.39. The summed E-state index contributed by atoms with van der Waals surface area (Å²) < 4.78 is 0. The number of hydrogen-bond donors (Lipinski definition) is 1. The van der Waals surface area contributed by atoms with Crippen molar-refractivity contribution in [2.45, 2.75) is 59.3 Å². The number of hydrogen-bond acceptors (Lipinski definition) is 1. The van der Waals surface area contributed by atoms with Crippen molar-refractivity contribution in [1.82, 2.24) is 0 Å². The summed E-state index contributed by atoms with van der Waals surface area (Å²) in [5.41, 5.74) is 2.69. The molecule has 1 fully saturated rings. The second-order valence-electron chi connectivity index (χ2n) is 5.94. The van der Waals surface area contributed by atoms with E-state index in [1.807, 2.05) is 6.92 Å². The Balaban J connectivity index is 2.67. The number of aliphatic carboxylic acids is 1. The van der Waals surface area contributed by atoms with E-state index in [0.717, 1.165) is 24.8 Å². The van der Waals surface area contributed by atoms with Gasteiger partial charge in [-0.15, -0.1) is 0 Å². The predicted octanol–water partition coefficient (Wildman–Crippen LogP) is 4.57. The molecule has 0 amide bonds. The van der Waals surface area contributed by atoms with Gasteiger partial charge < -0.3 is 5.11 Å². The first-order valence-corrected chi connectivity index (χ1v) is 6.97. The van der Waals surface area contributed by atoms with Crippen molar-refractivity contribution in [3.8, 4) is 0 Å². The first kappa shape index (κ1) is 15.0. The van der Waals surface area contributed by atoms with Gasteiger partial charge in [0.25, 0.3) is 0 Å². The maximum absolute atomic E-state index is 10.6. The Hall–Kier alpha value is -1.05. The zero-order valence-corrected chi connectivity index (χ0v) is 12.0. The number of carboxylic acid groups (broad SMARTS) is 1. The highest BCUT2D eigenvalue weighted by atomic mass is 16.4. The summed E-state index contributed by atoms with van der Waals surface area (Å²) in [4.78, 5) is 10.6. The van der Waals surface area contributed by atoms with Crippen molar-refractivity contribution < 1.29 is 9.90 Å². The van der Waals surface area contributed by atoms with E-state index in [-0.39, 0.29) is 0 Å². The molecule has 1 aliphatic carbocycles.